The molecule has 1 fully saturated rings. The van der Waals surface area contributed by atoms with Crippen molar-refractivity contribution in [1.29, 1.82) is 0 Å². The molecule has 5 rings (SSSR count). The van der Waals surface area contributed by atoms with Crippen LogP contribution in [0.1, 0.15) is 36.9 Å². The van der Waals surface area contributed by atoms with Gasteiger partial charge in [0.25, 0.3) is 0 Å². The number of hydrogen-bond acceptors (Lipinski definition) is 8. The Labute approximate surface area is 203 Å². The Morgan fingerprint density at radius 1 is 1.21 bits per heavy atom. The van der Waals surface area contributed by atoms with Gasteiger partial charge in [-0.15, -0.1) is 11.8 Å². The minimum Gasteiger partial charge on any atom is -0.480 e. The number of fused-ring (bicyclic) bond motifs is 2. The molecule has 1 aromatic carbocycles. The lowest BCUT2D eigenvalue weighted by atomic mass is 9.80. The zero-order valence-electron chi connectivity index (χ0n) is 19.3. The van der Waals surface area contributed by atoms with E-state index in [1.54, 1.807) is 13.3 Å². The second-order valence-electron chi connectivity index (χ2n) is 9.04. The van der Waals surface area contributed by atoms with Gasteiger partial charge in [-0.25, -0.2) is 15.0 Å². The summed E-state index contributed by atoms with van der Waals surface area (Å²) < 4.78 is 5.26. The number of benzene rings is 1. The molecule has 3 aromatic rings. The van der Waals surface area contributed by atoms with Gasteiger partial charge in [0, 0.05) is 18.6 Å². The number of thioether (sulfide) groups is 1. The van der Waals surface area contributed by atoms with Crippen molar-refractivity contribution in [1.82, 2.24) is 20.3 Å². The number of amides is 1. The lowest BCUT2D eigenvalue weighted by Crippen LogP contribution is -2.39. The van der Waals surface area contributed by atoms with Crippen molar-refractivity contribution < 1.29 is 9.53 Å². The lowest BCUT2D eigenvalue weighted by Gasteiger charge is -2.33. The molecule has 1 saturated carbocycles. The largest absolute Gasteiger partial charge is 0.480 e. The number of aromatic nitrogens is 3. The third-order valence-electron chi connectivity index (χ3n) is 6.78. The Bertz CT molecular complexity index is 1180. The average molecular weight is 479 g/mol. The molecule has 0 bridgehead atoms. The van der Waals surface area contributed by atoms with E-state index >= 15 is 0 Å². The zero-order valence-corrected chi connectivity index (χ0v) is 20.1. The van der Waals surface area contributed by atoms with Crippen molar-refractivity contribution >= 4 is 34.5 Å². The van der Waals surface area contributed by atoms with E-state index in [4.69, 9.17) is 10.5 Å². The summed E-state index contributed by atoms with van der Waals surface area (Å²) in [5, 5.41) is 6.51. The fraction of sp³-hybridized carbons (Fsp3) is 0.440. The number of nitrogens with zero attached hydrogens (tertiary/aromatic N) is 3. The van der Waals surface area contributed by atoms with Gasteiger partial charge in [0.2, 0.25) is 11.8 Å². The summed E-state index contributed by atoms with van der Waals surface area (Å²) in [5.41, 5.74) is 10.5. The van der Waals surface area contributed by atoms with E-state index in [-0.39, 0.29) is 11.9 Å². The monoisotopic (exact) mass is 478 g/mol. The molecular weight excluding hydrogens is 448 g/mol. The first-order valence-corrected chi connectivity index (χ1v) is 12.8. The number of hydrogen-bond donors (Lipinski definition) is 3. The molecule has 1 atom stereocenters. The summed E-state index contributed by atoms with van der Waals surface area (Å²) in [6, 6.07) is 10.7. The Morgan fingerprint density at radius 2 is 2.06 bits per heavy atom. The van der Waals surface area contributed by atoms with E-state index in [0.717, 1.165) is 59.3 Å². The summed E-state index contributed by atoms with van der Waals surface area (Å²) in [6.45, 7) is 0.700. The number of nitrogens with one attached hydrogen (secondary N) is 2. The van der Waals surface area contributed by atoms with Crippen LogP contribution in [0.3, 0.4) is 0 Å². The van der Waals surface area contributed by atoms with Crippen LogP contribution >= 0.6 is 11.8 Å². The van der Waals surface area contributed by atoms with Gasteiger partial charge in [-0.3, -0.25) is 4.79 Å². The van der Waals surface area contributed by atoms with Crippen LogP contribution in [0.15, 0.2) is 41.4 Å². The summed E-state index contributed by atoms with van der Waals surface area (Å²) >= 11 is 1.54. The normalized spacial score (nSPS) is 21.1. The number of rotatable bonds is 7. The van der Waals surface area contributed by atoms with Crippen LogP contribution in [0.5, 0.6) is 5.88 Å². The molecule has 1 aliphatic carbocycles. The first-order chi connectivity index (χ1) is 16.6. The fourth-order valence-electron chi connectivity index (χ4n) is 4.86. The number of methoxy groups -OCH3 is 1. The predicted molar refractivity (Wildman–Crippen MR) is 134 cm³/mol. The van der Waals surface area contributed by atoms with Crippen LogP contribution in [0.25, 0.3) is 11.0 Å². The number of anilines is 1. The maximum absolute atomic E-state index is 11.6. The van der Waals surface area contributed by atoms with Crippen LogP contribution < -0.4 is 21.1 Å². The van der Waals surface area contributed by atoms with Gasteiger partial charge in [0.05, 0.1) is 40.7 Å². The molecule has 1 amide bonds. The maximum Gasteiger partial charge on any atom is 0.235 e. The number of ether oxygens (including phenoxy) is 1. The Kier molecular flexibility index (Phi) is 6.94. The van der Waals surface area contributed by atoms with Gasteiger partial charge in [-0.1, -0.05) is 12.1 Å². The molecular formula is C25H30N6O2S. The van der Waals surface area contributed by atoms with Crippen LogP contribution in [0.4, 0.5) is 5.82 Å². The van der Waals surface area contributed by atoms with E-state index in [2.05, 4.69) is 31.7 Å². The Balaban J connectivity index is 1.14. The molecule has 4 N–H and O–H groups in total. The van der Waals surface area contributed by atoms with E-state index in [1.807, 2.05) is 24.3 Å². The quantitative estimate of drug-likeness (QED) is 0.474. The van der Waals surface area contributed by atoms with Crippen molar-refractivity contribution in [2.75, 3.05) is 18.2 Å². The molecule has 0 saturated heterocycles. The van der Waals surface area contributed by atoms with Gasteiger partial charge in [-0.2, -0.15) is 0 Å². The van der Waals surface area contributed by atoms with E-state index in [9.17, 15) is 4.79 Å². The first-order valence-electron chi connectivity index (χ1n) is 11.8. The Hall–Kier alpha value is -2.75. The van der Waals surface area contributed by atoms with Crippen molar-refractivity contribution in [2.45, 2.75) is 55.6 Å². The van der Waals surface area contributed by atoms with Gasteiger partial charge >= 0.3 is 0 Å². The Morgan fingerprint density at radius 3 is 2.88 bits per heavy atom. The van der Waals surface area contributed by atoms with Crippen LogP contribution in [-0.2, 0) is 17.8 Å². The van der Waals surface area contributed by atoms with Crippen molar-refractivity contribution in [2.24, 2.45) is 11.7 Å². The summed E-state index contributed by atoms with van der Waals surface area (Å²) in [6.07, 6.45) is 6.82. The van der Waals surface area contributed by atoms with Crippen molar-refractivity contribution in [3.63, 3.8) is 0 Å². The molecule has 2 aliphatic rings. The molecule has 0 unspecified atom stereocenters. The maximum atomic E-state index is 11.6. The third-order valence-corrected chi connectivity index (χ3v) is 7.83. The molecule has 34 heavy (non-hydrogen) atoms. The summed E-state index contributed by atoms with van der Waals surface area (Å²) in [5.74, 6) is 2.17. The van der Waals surface area contributed by atoms with Gasteiger partial charge < -0.3 is 21.1 Å². The lowest BCUT2D eigenvalue weighted by molar-refractivity contribution is -0.113. The smallest absolute Gasteiger partial charge is 0.235 e. The average Bonchev–Trinajstić information content (AvgIpc) is 2.87. The van der Waals surface area contributed by atoms with Gasteiger partial charge in [0.15, 0.2) is 0 Å². The molecule has 0 radical (unpaired) electrons. The second-order valence-corrected chi connectivity index (χ2v) is 10.1. The second kappa shape index (κ2) is 10.2. The minimum atomic E-state index is 0.0134. The standard InChI is InChI=1S/C25H30N6O2S/c1-33-23-13-28-20-4-2-3-16(24(20)31-23)11-19(26)15-5-7-17(8-6-15)27-12-18-9-10-21-25(29-18)30-22(32)14-34-21/h2-4,9-10,13,15,17,19,27H,5-8,11-12,14,26H2,1H3,(H,29,30,32)/t15-,17+,19-/m1/s1. The van der Waals surface area contributed by atoms with Crippen LogP contribution in [0, 0.1) is 5.92 Å². The molecule has 8 nitrogen and oxygen atoms in total. The van der Waals surface area contributed by atoms with E-state index < -0.39 is 0 Å². The molecule has 9 heteroatoms. The highest BCUT2D eigenvalue weighted by Crippen LogP contribution is 2.31. The number of carbonyl (C=O) groups is 1. The first kappa shape index (κ1) is 23.0. The fourth-order valence-corrected chi connectivity index (χ4v) is 5.62. The zero-order chi connectivity index (χ0) is 23.5. The topological polar surface area (TPSA) is 115 Å². The van der Waals surface area contributed by atoms with E-state index in [0.29, 0.717) is 36.0 Å². The van der Waals surface area contributed by atoms with Crippen molar-refractivity contribution in [3.8, 4) is 5.88 Å². The van der Waals surface area contributed by atoms with Gasteiger partial charge in [-0.05, 0) is 61.8 Å². The number of pyridine rings is 1. The van der Waals surface area contributed by atoms with Crippen LogP contribution in [-0.4, -0.2) is 45.8 Å². The summed E-state index contributed by atoms with van der Waals surface area (Å²) in [7, 11) is 1.61. The number of carbonyl (C=O) groups excluding carboxylic acids is 1. The molecule has 1 aliphatic heterocycles. The minimum absolute atomic E-state index is 0.0134. The van der Waals surface area contributed by atoms with Gasteiger partial charge in [0.1, 0.15) is 5.82 Å². The highest BCUT2D eigenvalue weighted by atomic mass is 32.2. The third kappa shape index (κ3) is 5.16. The highest BCUT2D eigenvalue weighted by Gasteiger charge is 2.26. The number of nitrogens with two attached hydrogens (primary N) is 1. The molecule has 2 aromatic heterocycles. The molecule has 178 valence electrons. The highest BCUT2D eigenvalue weighted by molar-refractivity contribution is 8.00. The molecule has 0 spiro atoms. The predicted octanol–water partition coefficient (Wildman–Crippen LogP) is 3.30. The van der Waals surface area contributed by atoms with Crippen LogP contribution in [0.2, 0.25) is 0 Å². The SMILES string of the molecule is COc1cnc2cccc(C[C@@H](N)[C@H]3CC[C@@H](NCc4ccc5c(n4)NC(=O)CS5)CC3)c2n1. The summed E-state index contributed by atoms with van der Waals surface area (Å²) in [4.78, 5) is 26.3. The molecule has 3 heterocycles. The number of para-hydroxylation sites is 1. The van der Waals surface area contributed by atoms with Crippen molar-refractivity contribution in [3.05, 3.63) is 47.8 Å². The van der Waals surface area contributed by atoms with E-state index in [1.165, 1.54) is 11.8 Å².